The summed E-state index contributed by atoms with van der Waals surface area (Å²) in [6.45, 7) is 7.01. The first-order valence-corrected chi connectivity index (χ1v) is 13.5. The molecule has 42 heavy (non-hydrogen) atoms. The Hall–Kier alpha value is -3.58. The van der Waals surface area contributed by atoms with Gasteiger partial charge in [-0.3, -0.25) is 14.4 Å². The first-order chi connectivity index (χ1) is 19.8. The number of hydrogen-bond donors (Lipinski definition) is 3. The number of methoxy groups -OCH3 is 4. The Morgan fingerprint density at radius 3 is 2.21 bits per heavy atom. The quantitative estimate of drug-likeness (QED) is 0.245. The Bertz CT molecular complexity index is 1200. The maximum absolute atomic E-state index is 12.9. The average molecular weight is 591 g/mol. The van der Waals surface area contributed by atoms with E-state index in [0.717, 1.165) is 6.08 Å². The van der Waals surface area contributed by atoms with Crippen LogP contribution in [0, 0.1) is 11.8 Å². The highest BCUT2D eigenvalue weighted by Gasteiger charge is 2.38. The topological polar surface area (TPSA) is 173 Å². The summed E-state index contributed by atoms with van der Waals surface area (Å²) in [7, 11) is 5.94. The number of hydrogen-bond acceptors (Lipinski definition) is 10. The summed E-state index contributed by atoms with van der Waals surface area (Å²) >= 11 is 0. The maximum Gasteiger partial charge on any atom is 0.405 e. The number of fused-ring (bicyclic) bond motifs is 1. The van der Waals surface area contributed by atoms with Crippen molar-refractivity contribution in [1.82, 2.24) is 5.32 Å². The highest BCUT2D eigenvalue weighted by molar-refractivity contribution is 6.48. The summed E-state index contributed by atoms with van der Waals surface area (Å²) in [5.41, 5.74) is 5.67. The van der Waals surface area contributed by atoms with Crippen molar-refractivity contribution in [3.63, 3.8) is 0 Å². The highest BCUT2D eigenvalue weighted by Crippen LogP contribution is 2.32. The van der Waals surface area contributed by atoms with Gasteiger partial charge >= 0.3 is 6.09 Å². The van der Waals surface area contributed by atoms with Crippen molar-refractivity contribution in [2.75, 3.05) is 28.4 Å². The van der Waals surface area contributed by atoms with Crippen molar-refractivity contribution < 1.29 is 48.0 Å². The van der Waals surface area contributed by atoms with Gasteiger partial charge in [0.2, 0.25) is 5.78 Å². The highest BCUT2D eigenvalue weighted by atomic mass is 16.6. The van der Waals surface area contributed by atoms with Crippen LogP contribution < -0.4 is 11.1 Å². The van der Waals surface area contributed by atoms with Crippen molar-refractivity contribution in [2.45, 2.75) is 64.6 Å². The standard InChI is InChI=1S/C30H42N2O10/c1-15-10-9-11-21(38-5)28(42-30(31)37)17(3)12-16(2)27(41-8)22(39-6)13-18(4)26(40-7)19-14-20(33)25(35)23(24(19)34)32-29(15)36/h9-12,14,16,18,21-22,26-28,34H,13H2,1-8H3,(H2,31,37)(H,32,36)/b11-9+,15-10-,17-12+/t16-,18+,21-,22-,26+,27-,28-/m0/s1. The van der Waals surface area contributed by atoms with E-state index in [1.165, 1.54) is 40.4 Å². The lowest BCUT2D eigenvalue weighted by Crippen LogP contribution is -2.40. The van der Waals surface area contributed by atoms with Gasteiger partial charge in [0.05, 0.1) is 18.3 Å². The van der Waals surface area contributed by atoms with E-state index >= 15 is 0 Å². The number of ether oxygens (including phenoxy) is 5. The number of nitrogens with two attached hydrogens (primary N) is 1. The van der Waals surface area contributed by atoms with E-state index < -0.39 is 65.5 Å². The predicted octanol–water partition coefficient (Wildman–Crippen LogP) is 2.60. The normalized spacial score (nSPS) is 33.6. The SMILES string of the molecule is CO[C@@H]1[C@@H](OC)C[C@@H](C)[C@@H](OC)C2=CC(=O)C(=O)C(=C2O)NC(=O)/C(C)=C\C=C\[C@H](OC)[C@@H](OC(N)=O)/C(C)=C/[C@@H]1C. The number of aliphatic hydroxyl groups excluding tert-OH is 1. The van der Waals surface area contributed by atoms with Crippen LogP contribution in [0.3, 0.4) is 0 Å². The summed E-state index contributed by atoms with van der Waals surface area (Å²) in [6.07, 6.45) is 3.30. The molecule has 0 saturated carbocycles. The Labute approximate surface area is 246 Å². The zero-order chi connectivity index (χ0) is 31.7. The second kappa shape index (κ2) is 15.6. The van der Waals surface area contributed by atoms with Gasteiger partial charge in [-0.05, 0) is 37.8 Å². The fraction of sp³-hybridized carbons (Fsp3) is 0.533. The molecule has 2 aliphatic rings. The third-order valence-corrected chi connectivity index (χ3v) is 7.42. The molecular weight excluding hydrogens is 548 g/mol. The average Bonchev–Trinajstić information content (AvgIpc) is 2.94. The van der Waals surface area contributed by atoms with Crippen LogP contribution >= 0.6 is 0 Å². The van der Waals surface area contributed by atoms with Crippen molar-refractivity contribution in [2.24, 2.45) is 17.6 Å². The number of nitrogens with one attached hydrogen (secondary N) is 1. The minimum Gasteiger partial charge on any atom is -0.505 e. The third-order valence-electron chi connectivity index (χ3n) is 7.42. The lowest BCUT2D eigenvalue weighted by Gasteiger charge is -2.34. The number of ketones is 2. The number of carbonyl (C=O) groups is 4. The molecular formula is C30H42N2O10. The molecule has 2 bridgehead atoms. The summed E-state index contributed by atoms with van der Waals surface area (Å²) in [4.78, 5) is 50.0. The van der Waals surface area contributed by atoms with E-state index in [1.54, 1.807) is 20.1 Å². The molecule has 0 aromatic rings. The van der Waals surface area contributed by atoms with Crippen LogP contribution in [-0.2, 0) is 38.1 Å². The van der Waals surface area contributed by atoms with Gasteiger partial charge in [-0.15, -0.1) is 0 Å². The molecule has 2 rings (SSSR count). The van der Waals surface area contributed by atoms with Gasteiger partial charge in [-0.2, -0.15) is 0 Å². The molecule has 1 aliphatic heterocycles. The van der Waals surface area contributed by atoms with Gasteiger partial charge in [0, 0.05) is 45.5 Å². The monoisotopic (exact) mass is 590 g/mol. The van der Waals surface area contributed by atoms with Crippen molar-refractivity contribution in [1.29, 1.82) is 0 Å². The summed E-state index contributed by atoms with van der Waals surface area (Å²) < 4.78 is 28.3. The number of rotatable bonds is 5. The lowest BCUT2D eigenvalue weighted by molar-refractivity contribution is -0.132. The summed E-state index contributed by atoms with van der Waals surface area (Å²) in [5.74, 6) is -3.87. The van der Waals surface area contributed by atoms with Gasteiger partial charge in [0.1, 0.15) is 17.6 Å². The molecule has 0 aromatic carbocycles. The predicted molar refractivity (Wildman–Crippen MR) is 153 cm³/mol. The molecule has 0 aromatic heterocycles. The van der Waals surface area contributed by atoms with E-state index in [0.29, 0.717) is 12.0 Å². The van der Waals surface area contributed by atoms with Crippen LogP contribution in [-0.4, -0.2) is 87.6 Å². The summed E-state index contributed by atoms with van der Waals surface area (Å²) in [6, 6.07) is 0. The molecule has 2 amide bonds. The molecule has 0 fully saturated rings. The number of amides is 2. The molecule has 4 N–H and O–H groups in total. The molecule has 12 heteroatoms. The first kappa shape index (κ1) is 34.6. The second-order valence-electron chi connectivity index (χ2n) is 10.4. The van der Waals surface area contributed by atoms with E-state index in [4.69, 9.17) is 29.4 Å². The largest absolute Gasteiger partial charge is 0.505 e. The van der Waals surface area contributed by atoms with E-state index in [2.05, 4.69) is 5.32 Å². The van der Waals surface area contributed by atoms with Gasteiger partial charge < -0.3 is 39.8 Å². The van der Waals surface area contributed by atoms with E-state index in [-0.39, 0.29) is 23.0 Å². The number of primary amides is 1. The second-order valence-corrected chi connectivity index (χ2v) is 10.4. The molecule has 1 aliphatic carbocycles. The van der Waals surface area contributed by atoms with E-state index in [9.17, 15) is 24.3 Å². The fourth-order valence-corrected chi connectivity index (χ4v) is 5.26. The number of Topliss-reactive ketones (excluding diaryl/α,β-unsaturated/α-hetero) is 1. The number of carbonyl (C=O) groups excluding carboxylic acids is 4. The van der Waals surface area contributed by atoms with Crippen LogP contribution in [0.4, 0.5) is 4.79 Å². The van der Waals surface area contributed by atoms with Gasteiger partial charge in [0.25, 0.3) is 11.7 Å². The zero-order valence-electron chi connectivity index (χ0n) is 25.3. The summed E-state index contributed by atoms with van der Waals surface area (Å²) in [5, 5.41) is 13.4. The van der Waals surface area contributed by atoms with Crippen LogP contribution in [0.25, 0.3) is 0 Å². The first-order valence-electron chi connectivity index (χ1n) is 13.5. The van der Waals surface area contributed by atoms with Crippen LogP contribution in [0.5, 0.6) is 0 Å². The van der Waals surface area contributed by atoms with Crippen molar-refractivity contribution in [3.05, 3.63) is 58.6 Å². The molecule has 0 radical (unpaired) electrons. The number of aliphatic hydroxyl groups is 1. The van der Waals surface area contributed by atoms with Gasteiger partial charge in [-0.1, -0.05) is 38.2 Å². The van der Waals surface area contributed by atoms with Gasteiger partial charge in [-0.25, -0.2) is 4.79 Å². The molecule has 0 saturated heterocycles. The smallest absolute Gasteiger partial charge is 0.405 e. The van der Waals surface area contributed by atoms with Crippen LogP contribution in [0.15, 0.2) is 58.6 Å². The third kappa shape index (κ3) is 8.25. The molecule has 1 heterocycles. The van der Waals surface area contributed by atoms with Crippen LogP contribution in [0.1, 0.15) is 34.1 Å². The Kier molecular flexibility index (Phi) is 12.9. The minimum atomic E-state index is -1.06. The molecule has 7 atom stereocenters. The lowest BCUT2D eigenvalue weighted by atomic mass is 9.84. The molecule has 12 nitrogen and oxygen atoms in total. The maximum atomic E-state index is 12.9. The molecule has 232 valence electrons. The van der Waals surface area contributed by atoms with Crippen molar-refractivity contribution >= 4 is 23.6 Å². The Morgan fingerprint density at radius 1 is 1.00 bits per heavy atom. The van der Waals surface area contributed by atoms with Crippen molar-refractivity contribution in [3.8, 4) is 0 Å². The number of allylic oxidation sites excluding steroid dienone is 4. The molecule has 0 unspecified atom stereocenters. The fourth-order valence-electron chi connectivity index (χ4n) is 5.26. The Morgan fingerprint density at radius 2 is 1.67 bits per heavy atom. The van der Waals surface area contributed by atoms with E-state index in [1.807, 2.05) is 19.9 Å². The van der Waals surface area contributed by atoms with Crippen LogP contribution in [0.2, 0.25) is 0 Å². The van der Waals surface area contributed by atoms with Gasteiger partial charge in [0.15, 0.2) is 6.10 Å². The Balaban J connectivity index is 2.72. The molecule has 0 spiro atoms. The zero-order valence-corrected chi connectivity index (χ0v) is 25.3. The minimum absolute atomic E-state index is 0.0614.